The maximum Gasteiger partial charge on any atom is 0.257 e. The molecule has 0 fully saturated rings. The Morgan fingerprint density at radius 3 is 2.52 bits per heavy atom. The van der Waals surface area contributed by atoms with E-state index in [0.717, 1.165) is 5.41 Å². The number of carbonyl (C=O) groups excluding carboxylic acids is 1. The minimum Gasteiger partial charge on any atom is -0.454 e. The van der Waals surface area contributed by atoms with Gasteiger partial charge in [0.25, 0.3) is 15.9 Å². The lowest BCUT2D eigenvalue weighted by Gasteiger charge is -2.11. The van der Waals surface area contributed by atoms with E-state index in [1.165, 1.54) is 18.2 Å². The van der Waals surface area contributed by atoms with Gasteiger partial charge < -0.3 is 14.8 Å². The van der Waals surface area contributed by atoms with Crippen LogP contribution < -0.4 is 19.5 Å². The Kier molecular flexibility index (Phi) is 5.83. The number of fused-ring (bicyclic) bond motifs is 1. The van der Waals surface area contributed by atoms with E-state index in [0.29, 0.717) is 27.8 Å². The van der Waals surface area contributed by atoms with Crippen molar-refractivity contribution in [1.29, 1.82) is 0 Å². The molecule has 1 amide bonds. The van der Waals surface area contributed by atoms with Crippen molar-refractivity contribution in [1.82, 2.24) is 0 Å². The van der Waals surface area contributed by atoms with Crippen molar-refractivity contribution in [2.75, 3.05) is 16.8 Å². The molecule has 0 unspecified atom stereocenters. The molecule has 158 valence electrons. The van der Waals surface area contributed by atoms with Gasteiger partial charge in [0, 0.05) is 16.8 Å². The van der Waals surface area contributed by atoms with Gasteiger partial charge in [-0.15, -0.1) is 0 Å². The lowest BCUT2D eigenvalue weighted by atomic mass is 10.1. The van der Waals surface area contributed by atoms with Crippen molar-refractivity contribution in [3.63, 3.8) is 0 Å². The van der Waals surface area contributed by atoms with Crippen molar-refractivity contribution in [2.45, 2.75) is 0 Å². The molecule has 31 heavy (non-hydrogen) atoms. The van der Waals surface area contributed by atoms with Crippen molar-refractivity contribution in [2.24, 2.45) is 0 Å². The number of nitrogens with one attached hydrogen (secondary N) is 2. The van der Waals surface area contributed by atoms with Crippen LogP contribution in [0.3, 0.4) is 0 Å². The number of amides is 1. The number of sulfonamides is 1. The van der Waals surface area contributed by atoms with Gasteiger partial charge in [0.2, 0.25) is 6.79 Å². The molecule has 0 saturated carbocycles. The zero-order valence-electron chi connectivity index (χ0n) is 16.0. The summed E-state index contributed by atoms with van der Waals surface area (Å²) >= 11 is 5.84. The number of anilines is 2. The van der Waals surface area contributed by atoms with Gasteiger partial charge in [-0.05, 0) is 48.0 Å². The van der Waals surface area contributed by atoms with E-state index in [-0.39, 0.29) is 18.0 Å². The quantitative estimate of drug-likeness (QED) is 0.559. The third kappa shape index (κ3) is 5.17. The van der Waals surface area contributed by atoms with Gasteiger partial charge in [-0.3, -0.25) is 9.52 Å². The highest BCUT2D eigenvalue weighted by Gasteiger charge is 2.17. The van der Waals surface area contributed by atoms with Gasteiger partial charge in [0.1, 0.15) is 0 Å². The Hall–Kier alpha value is -3.49. The van der Waals surface area contributed by atoms with E-state index in [9.17, 15) is 13.2 Å². The van der Waals surface area contributed by atoms with Gasteiger partial charge in [0.15, 0.2) is 11.5 Å². The molecule has 1 aliphatic rings. The van der Waals surface area contributed by atoms with Crippen LogP contribution in [0.4, 0.5) is 11.4 Å². The van der Waals surface area contributed by atoms with Crippen LogP contribution in [0, 0.1) is 0 Å². The maximum absolute atomic E-state index is 12.8. The summed E-state index contributed by atoms with van der Waals surface area (Å²) in [5.74, 6) is 0.650. The molecular weight excluding hydrogens is 440 g/mol. The zero-order valence-corrected chi connectivity index (χ0v) is 17.6. The van der Waals surface area contributed by atoms with Crippen LogP contribution in [-0.2, 0) is 10.0 Å². The Morgan fingerprint density at radius 2 is 1.71 bits per heavy atom. The van der Waals surface area contributed by atoms with Gasteiger partial charge in [-0.1, -0.05) is 35.9 Å². The van der Waals surface area contributed by atoms with Crippen LogP contribution in [0.15, 0.2) is 72.1 Å². The number of carbonyl (C=O) groups is 1. The summed E-state index contributed by atoms with van der Waals surface area (Å²) in [4.78, 5) is 12.8. The molecule has 1 heterocycles. The lowest BCUT2D eigenvalue weighted by Crippen LogP contribution is -2.17. The highest BCUT2D eigenvalue weighted by molar-refractivity contribution is 7.95. The van der Waals surface area contributed by atoms with Crippen LogP contribution in [0.25, 0.3) is 6.08 Å². The summed E-state index contributed by atoms with van der Waals surface area (Å²) in [5, 5.41) is 4.32. The van der Waals surface area contributed by atoms with Crippen LogP contribution >= 0.6 is 11.6 Å². The molecule has 0 spiro atoms. The summed E-state index contributed by atoms with van der Waals surface area (Å²) < 4.78 is 38.0. The maximum atomic E-state index is 12.8. The fraction of sp³-hybridized carbons (Fsp3) is 0.0455. The Bertz CT molecular complexity index is 1260. The SMILES string of the molecule is O=C(Nc1ccc2c(c1)OCO2)c1ccccc1NS(=O)(=O)/C=C/c1ccc(Cl)cc1. The zero-order chi connectivity index (χ0) is 21.8. The number of hydrogen-bond donors (Lipinski definition) is 2. The molecule has 4 rings (SSSR count). The second kappa shape index (κ2) is 8.71. The topological polar surface area (TPSA) is 93.7 Å². The standard InChI is InChI=1S/C22H17ClN2O5S/c23-16-7-5-15(6-8-16)11-12-31(27,28)25-19-4-2-1-3-18(19)22(26)24-17-9-10-20-21(13-17)30-14-29-20/h1-13,25H,14H2,(H,24,26)/b12-11+. The first-order valence-electron chi connectivity index (χ1n) is 9.16. The van der Waals surface area contributed by atoms with Crippen molar-refractivity contribution in [3.8, 4) is 11.5 Å². The molecule has 1 aliphatic heterocycles. The molecule has 9 heteroatoms. The van der Waals surface area contributed by atoms with E-state index in [2.05, 4.69) is 10.0 Å². The predicted molar refractivity (Wildman–Crippen MR) is 120 cm³/mol. The molecule has 3 aromatic rings. The van der Waals surface area contributed by atoms with Crippen LogP contribution in [0.1, 0.15) is 15.9 Å². The van der Waals surface area contributed by atoms with Crippen molar-refractivity contribution in [3.05, 3.63) is 88.3 Å². The monoisotopic (exact) mass is 456 g/mol. The van der Waals surface area contributed by atoms with Gasteiger partial charge in [0.05, 0.1) is 16.7 Å². The van der Waals surface area contributed by atoms with E-state index < -0.39 is 15.9 Å². The summed E-state index contributed by atoms with van der Waals surface area (Å²) in [5.41, 5.74) is 1.49. The van der Waals surface area contributed by atoms with Crippen molar-refractivity contribution >= 4 is 45.0 Å². The van der Waals surface area contributed by atoms with Crippen LogP contribution in [-0.4, -0.2) is 21.1 Å². The minimum atomic E-state index is -3.86. The number of ether oxygens (including phenoxy) is 2. The van der Waals surface area contributed by atoms with Crippen molar-refractivity contribution < 1.29 is 22.7 Å². The minimum absolute atomic E-state index is 0.126. The number of halogens is 1. The summed E-state index contributed by atoms with van der Waals surface area (Å²) in [6, 6.07) is 18.1. The van der Waals surface area contributed by atoms with Gasteiger partial charge in [-0.2, -0.15) is 0 Å². The molecule has 7 nitrogen and oxygen atoms in total. The molecule has 0 bridgehead atoms. The van der Waals surface area contributed by atoms with E-state index in [4.69, 9.17) is 21.1 Å². The smallest absolute Gasteiger partial charge is 0.257 e. The molecular formula is C22H17ClN2O5S. The number of hydrogen-bond acceptors (Lipinski definition) is 5. The van der Waals surface area contributed by atoms with E-state index in [1.54, 1.807) is 54.6 Å². The fourth-order valence-electron chi connectivity index (χ4n) is 2.87. The summed E-state index contributed by atoms with van der Waals surface area (Å²) in [6.07, 6.45) is 1.44. The Balaban J connectivity index is 1.51. The molecule has 2 N–H and O–H groups in total. The molecule has 0 atom stereocenters. The van der Waals surface area contributed by atoms with Crippen LogP contribution in [0.2, 0.25) is 5.02 Å². The highest BCUT2D eigenvalue weighted by Crippen LogP contribution is 2.34. The molecule has 0 radical (unpaired) electrons. The number of para-hydroxylation sites is 1. The van der Waals surface area contributed by atoms with Gasteiger partial charge in [-0.25, -0.2) is 8.42 Å². The molecule has 3 aromatic carbocycles. The number of rotatable bonds is 6. The second-order valence-corrected chi connectivity index (χ2v) is 8.57. The third-order valence-electron chi connectivity index (χ3n) is 4.36. The fourth-order valence-corrected chi connectivity index (χ4v) is 3.89. The van der Waals surface area contributed by atoms with E-state index in [1.807, 2.05) is 0 Å². The number of benzene rings is 3. The first-order chi connectivity index (χ1) is 14.9. The normalized spacial score (nSPS) is 12.7. The van der Waals surface area contributed by atoms with Crippen LogP contribution in [0.5, 0.6) is 11.5 Å². The van der Waals surface area contributed by atoms with Gasteiger partial charge >= 0.3 is 0 Å². The second-order valence-electron chi connectivity index (χ2n) is 6.57. The average Bonchev–Trinajstić information content (AvgIpc) is 3.21. The Labute approximate surface area is 184 Å². The summed E-state index contributed by atoms with van der Waals surface area (Å²) in [7, 11) is -3.86. The predicted octanol–water partition coefficient (Wildman–Crippen LogP) is 4.73. The highest BCUT2D eigenvalue weighted by atomic mass is 35.5. The Morgan fingerprint density at radius 1 is 0.968 bits per heavy atom. The molecule has 0 aliphatic carbocycles. The summed E-state index contributed by atoms with van der Waals surface area (Å²) in [6.45, 7) is 0.126. The lowest BCUT2D eigenvalue weighted by molar-refractivity contribution is 0.102. The third-order valence-corrected chi connectivity index (χ3v) is 5.61. The van der Waals surface area contributed by atoms with E-state index >= 15 is 0 Å². The largest absolute Gasteiger partial charge is 0.454 e. The first-order valence-corrected chi connectivity index (χ1v) is 11.1. The molecule has 0 saturated heterocycles. The molecule has 0 aromatic heterocycles. The first kappa shape index (κ1) is 20.8. The average molecular weight is 457 g/mol.